The average Bonchev–Trinajstić information content (AvgIpc) is 3.01. The van der Waals surface area contributed by atoms with E-state index in [1.54, 1.807) is 6.07 Å². The fraction of sp³-hybridized carbons (Fsp3) is 0.714. The summed E-state index contributed by atoms with van der Waals surface area (Å²) in [6.07, 6.45) is 2.55. The van der Waals surface area contributed by atoms with Crippen LogP contribution in [0.3, 0.4) is 0 Å². The van der Waals surface area contributed by atoms with Crippen LogP contribution in [0.15, 0.2) is 21.6 Å². The van der Waals surface area contributed by atoms with Gasteiger partial charge in [0.25, 0.3) is 10.0 Å². The molecule has 6 nitrogen and oxygen atoms in total. The zero-order chi connectivity index (χ0) is 15.5. The summed E-state index contributed by atoms with van der Waals surface area (Å²) in [5.41, 5.74) is -0.0591. The molecule has 2 rings (SSSR count). The molecule has 120 valence electrons. The Labute approximate surface area is 126 Å². The quantitative estimate of drug-likeness (QED) is 0.637. The van der Waals surface area contributed by atoms with E-state index in [1.165, 1.54) is 6.07 Å². The Morgan fingerprint density at radius 1 is 1.38 bits per heavy atom. The van der Waals surface area contributed by atoms with Crippen molar-refractivity contribution in [3.05, 3.63) is 17.9 Å². The highest BCUT2D eigenvalue weighted by molar-refractivity contribution is 7.89. The second-order valence-electron chi connectivity index (χ2n) is 6.05. The van der Waals surface area contributed by atoms with Gasteiger partial charge in [0.2, 0.25) is 5.09 Å². The molecule has 0 radical (unpaired) electrons. The van der Waals surface area contributed by atoms with Crippen molar-refractivity contribution in [2.24, 2.45) is 5.41 Å². The summed E-state index contributed by atoms with van der Waals surface area (Å²) in [4.78, 5) is 0. The summed E-state index contributed by atoms with van der Waals surface area (Å²) in [5, 5.41) is 12.1. The van der Waals surface area contributed by atoms with Crippen LogP contribution in [-0.2, 0) is 16.6 Å². The molecule has 1 aromatic heterocycles. The molecule has 0 atom stereocenters. The zero-order valence-electron chi connectivity index (χ0n) is 12.6. The van der Waals surface area contributed by atoms with E-state index in [0.717, 1.165) is 12.8 Å². The van der Waals surface area contributed by atoms with E-state index in [0.29, 0.717) is 31.3 Å². The molecule has 1 aromatic rings. The Kier molecular flexibility index (Phi) is 5.08. The van der Waals surface area contributed by atoms with Gasteiger partial charge in [0.1, 0.15) is 5.76 Å². The molecule has 3 N–H and O–H groups in total. The maximum Gasteiger partial charge on any atom is 0.273 e. The molecule has 7 heteroatoms. The summed E-state index contributed by atoms with van der Waals surface area (Å²) in [6.45, 7) is 4.97. The lowest BCUT2D eigenvalue weighted by atomic mass is 10.0. The van der Waals surface area contributed by atoms with Crippen LogP contribution in [0.2, 0.25) is 0 Å². The number of rotatable bonds is 9. The van der Waals surface area contributed by atoms with Crippen LogP contribution >= 0.6 is 0 Å². The highest BCUT2D eigenvalue weighted by atomic mass is 32.2. The predicted octanol–water partition coefficient (Wildman–Crippen LogP) is 1.22. The smallest absolute Gasteiger partial charge is 0.273 e. The summed E-state index contributed by atoms with van der Waals surface area (Å²) in [6, 6.07) is 3.46. The van der Waals surface area contributed by atoms with Crippen LogP contribution in [0.4, 0.5) is 0 Å². The van der Waals surface area contributed by atoms with Gasteiger partial charge in [0.15, 0.2) is 0 Å². The van der Waals surface area contributed by atoms with Gasteiger partial charge in [0, 0.05) is 19.2 Å². The number of furan rings is 1. The van der Waals surface area contributed by atoms with Crippen LogP contribution in [0.1, 0.15) is 38.9 Å². The lowest BCUT2D eigenvalue weighted by molar-refractivity contribution is 0.249. The minimum absolute atomic E-state index is 0.0529. The molecule has 1 fully saturated rings. The molecule has 1 saturated carbocycles. The van der Waals surface area contributed by atoms with E-state index < -0.39 is 10.0 Å². The number of aliphatic hydroxyl groups excluding tert-OH is 1. The second kappa shape index (κ2) is 6.48. The van der Waals surface area contributed by atoms with Gasteiger partial charge in [0.05, 0.1) is 6.54 Å². The predicted molar refractivity (Wildman–Crippen MR) is 79.2 cm³/mol. The number of nitrogens with one attached hydrogen (secondary N) is 2. The van der Waals surface area contributed by atoms with Gasteiger partial charge in [-0.05, 0) is 36.8 Å². The van der Waals surface area contributed by atoms with E-state index in [9.17, 15) is 8.42 Å². The maximum absolute atomic E-state index is 12.2. The van der Waals surface area contributed by atoms with Crippen LogP contribution in [0.5, 0.6) is 0 Å². The third kappa shape index (κ3) is 4.54. The van der Waals surface area contributed by atoms with E-state index in [2.05, 4.69) is 10.0 Å². The fourth-order valence-electron chi connectivity index (χ4n) is 2.15. The molecular weight excluding hydrogens is 292 g/mol. The molecule has 1 aliphatic carbocycles. The standard InChI is InChI=1S/C14H24N2O4S/c1-11(2)15-9-12-3-4-13(20-12)21(18,19)16-10-14(5-6-14)7-8-17/h3-4,11,15-17H,5-10H2,1-2H3. The number of aliphatic hydroxyl groups is 1. The van der Waals surface area contributed by atoms with Crippen molar-refractivity contribution in [2.45, 2.75) is 50.8 Å². The van der Waals surface area contributed by atoms with Crippen LogP contribution in [0.25, 0.3) is 0 Å². The Balaban J connectivity index is 1.93. The van der Waals surface area contributed by atoms with E-state index >= 15 is 0 Å². The van der Waals surface area contributed by atoms with Crippen LogP contribution < -0.4 is 10.0 Å². The van der Waals surface area contributed by atoms with Gasteiger partial charge >= 0.3 is 0 Å². The zero-order valence-corrected chi connectivity index (χ0v) is 13.4. The molecule has 0 aromatic carbocycles. The summed E-state index contributed by atoms with van der Waals surface area (Å²) >= 11 is 0. The lowest BCUT2D eigenvalue weighted by Crippen LogP contribution is -2.30. The highest BCUT2D eigenvalue weighted by Gasteiger charge is 2.42. The molecule has 1 heterocycles. The van der Waals surface area contributed by atoms with E-state index in [4.69, 9.17) is 9.52 Å². The molecule has 0 bridgehead atoms. The van der Waals surface area contributed by atoms with Gasteiger partial charge < -0.3 is 14.8 Å². The third-order valence-corrected chi connectivity index (χ3v) is 5.10. The fourth-order valence-corrected chi connectivity index (χ4v) is 3.25. The number of hydrogen-bond donors (Lipinski definition) is 3. The Morgan fingerprint density at radius 2 is 2.10 bits per heavy atom. The first-order chi connectivity index (χ1) is 9.87. The first kappa shape index (κ1) is 16.5. The van der Waals surface area contributed by atoms with Gasteiger partial charge in [-0.2, -0.15) is 0 Å². The minimum atomic E-state index is -3.62. The van der Waals surface area contributed by atoms with Crippen molar-refractivity contribution in [3.8, 4) is 0 Å². The van der Waals surface area contributed by atoms with Gasteiger partial charge in [-0.3, -0.25) is 0 Å². The van der Waals surface area contributed by atoms with Crippen molar-refractivity contribution in [2.75, 3.05) is 13.2 Å². The SMILES string of the molecule is CC(C)NCc1ccc(S(=O)(=O)NCC2(CCO)CC2)o1. The van der Waals surface area contributed by atoms with Crippen LogP contribution in [0, 0.1) is 5.41 Å². The molecule has 0 spiro atoms. The Morgan fingerprint density at radius 3 is 2.67 bits per heavy atom. The maximum atomic E-state index is 12.2. The molecule has 0 aliphatic heterocycles. The molecule has 1 aliphatic rings. The molecular formula is C14H24N2O4S. The van der Waals surface area contributed by atoms with Gasteiger partial charge in [-0.25, -0.2) is 13.1 Å². The normalized spacial score (nSPS) is 17.3. The number of hydrogen-bond acceptors (Lipinski definition) is 5. The molecule has 0 unspecified atom stereocenters. The number of sulfonamides is 1. The highest BCUT2D eigenvalue weighted by Crippen LogP contribution is 2.48. The van der Waals surface area contributed by atoms with E-state index in [-0.39, 0.29) is 17.1 Å². The minimum Gasteiger partial charge on any atom is -0.447 e. The van der Waals surface area contributed by atoms with Crippen molar-refractivity contribution in [1.82, 2.24) is 10.0 Å². The molecule has 0 saturated heterocycles. The van der Waals surface area contributed by atoms with Crippen molar-refractivity contribution < 1.29 is 17.9 Å². The second-order valence-corrected chi connectivity index (χ2v) is 7.75. The third-order valence-electron chi connectivity index (χ3n) is 3.82. The van der Waals surface area contributed by atoms with Gasteiger partial charge in [-0.1, -0.05) is 13.8 Å². The summed E-state index contributed by atoms with van der Waals surface area (Å²) < 4.78 is 32.3. The van der Waals surface area contributed by atoms with Crippen molar-refractivity contribution in [3.63, 3.8) is 0 Å². The van der Waals surface area contributed by atoms with Crippen LogP contribution in [-0.4, -0.2) is 32.7 Å². The summed E-state index contributed by atoms with van der Waals surface area (Å²) in [5.74, 6) is 0.598. The topological polar surface area (TPSA) is 91.6 Å². The Bertz CT molecular complexity index is 561. The Hall–Kier alpha value is -0.890. The molecule has 0 amide bonds. The molecule has 21 heavy (non-hydrogen) atoms. The average molecular weight is 316 g/mol. The monoisotopic (exact) mass is 316 g/mol. The largest absolute Gasteiger partial charge is 0.447 e. The first-order valence-corrected chi connectivity index (χ1v) is 8.78. The summed E-state index contributed by atoms with van der Waals surface area (Å²) in [7, 11) is -3.62. The van der Waals surface area contributed by atoms with Crippen molar-refractivity contribution in [1.29, 1.82) is 0 Å². The first-order valence-electron chi connectivity index (χ1n) is 7.29. The van der Waals surface area contributed by atoms with Crippen molar-refractivity contribution >= 4 is 10.0 Å². The van der Waals surface area contributed by atoms with Gasteiger partial charge in [-0.15, -0.1) is 0 Å². The lowest BCUT2D eigenvalue weighted by Gasteiger charge is -2.13. The van der Waals surface area contributed by atoms with E-state index in [1.807, 2.05) is 13.8 Å².